The Morgan fingerprint density at radius 2 is 2.33 bits per heavy atom. The van der Waals surface area contributed by atoms with E-state index in [2.05, 4.69) is 10.2 Å². The molecule has 2 N–H and O–H groups in total. The molecule has 0 aromatic carbocycles. The lowest BCUT2D eigenvalue weighted by Crippen LogP contribution is -2.24. The Kier molecular flexibility index (Phi) is 4.15. The largest absolute Gasteiger partial charge is 0.481 e. The molecule has 9 heteroatoms. The molecule has 1 atom stereocenters. The second kappa shape index (κ2) is 5.63. The molecule has 0 bridgehead atoms. The van der Waals surface area contributed by atoms with Crippen LogP contribution in [-0.2, 0) is 9.59 Å². The van der Waals surface area contributed by atoms with Crippen molar-refractivity contribution < 1.29 is 19.8 Å². The molecule has 1 amide bonds. The van der Waals surface area contributed by atoms with Gasteiger partial charge < -0.3 is 10.2 Å². The third kappa shape index (κ3) is 2.98. The van der Waals surface area contributed by atoms with Gasteiger partial charge in [-0.3, -0.25) is 14.5 Å². The predicted molar refractivity (Wildman–Crippen MR) is 65.8 cm³/mol. The van der Waals surface area contributed by atoms with Crippen molar-refractivity contribution in [1.82, 2.24) is 10.2 Å². The van der Waals surface area contributed by atoms with Gasteiger partial charge in [-0.05, 0) is 0 Å². The molecule has 1 unspecified atom stereocenters. The van der Waals surface area contributed by atoms with E-state index in [1.807, 2.05) is 0 Å². The number of amides is 1. The molecule has 1 aliphatic heterocycles. The third-order valence-corrected chi connectivity index (χ3v) is 4.47. The van der Waals surface area contributed by atoms with Crippen LogP contribution in [0, 0.1) is 5.92 Å². The van der Waals surface area contributed by atoms with Crippen LogP contribution in [-0.4, -0.2) is 51.2 Å². The normalized spacial score (nSPS) is 19.5. The molecule has 1 saturated heterocycles. The first-order chi connectivity index (χ1) is 8.60. The maximum absolute atomic E-state index is 11.7. The minimum Gasteiger partial charge on any atom is -0.481 e. The number of carbonyl (C=O) groups is 2. The number of rotatable bonds is 5. The molecular weight excluding hydrogens is 278 g/mol. The Morgan fingerprint density at radius 1 is 1.56 bits per heavy atom. The topological polar surface area (TPSA) is 104 Å². The van der Waals surface area contributed by atoms with Gasteiger partial charge in [0.25, 0.3) is 0 Å². The van der Waals surface area contributed by atoms with E-state index in [1.54, 1.807) is 0 Å². The average Bonchev–Trinajstić information content (AvgIpc) is 2.92. The zero-order valence-corrected chi connectivity index (χ0v) is 10.9. The molecular formula is C9H11N3O4S2. The van der Waals surface area contributed by atoms with Crippen LogP contribution >= 0.6 is 23.1 Å². The van der Waals surface area contributed by atoms with E-state index in [-0.39, 0.29) is 24.2 Å². The molecule has 7 nitrogen and oxygen atoms in total. The van der Waals surface area contributed by atoms with Gasteiger partial charge >= 0.3 is 5.97 Å². The molecule has 2 rings (SSSR count). The van der Waals surface area contributed by atoms with E-state index in [0.717, 1.165) is 11.8 Å². The molecule has 1 aromatic heterocycles. The summed E-state index contributed by atoms with van der Waals surface area (Å²) < 4.78 is 0.521. The zero-order chi connectivity index (χ0) is 13.1. The number of carboxylic acids is 1. The first-order valence-electron chi connectivity index (χ1n) is 5.19. The van der Waals surface area contributed by atoms with Crippen LogP contribution in [0.15, 0.2) is 4.34 Å². The molecule has 1 fully saturated rings. The number of thioether (sulfide) groups is 1. The van der Waals surface area contributed by atoms with Crippen LogP contribution in [0.4, 0.5) is 5.13 Å². The predicted octanol–water partition coefficient (Wildman–Crippen LogP) is 0.0600. The highest BCUT2D eigenvalue weighted by Crippen LogP contribution is 2.31. The standard InChI is InChI=1S/C9H11N3O4S2/c13-3-5-1-6(14)12(2-5)8-10-11-9(18-8)17-4-7(15)16/h5,13H,1-4H2,(H,15,16). The summed E-state index contributed by atoms with van der Waals surface area (Å²) in [6.45, 7) is 0.412. The number of hydrogen-bond donors (Lipinski definition) is 2. The summed E-state index contributed by atoms with van der Waals surface area (Å²) >= 11 is 2.26. The zero-order valence-electron chi connectivity index (χ0n) is 9.27. The number of carboxylic acid groups (broad SMARTS) is 1. The average molecular weight is 289 g/mol. The molecule has 0 aliphatic carbocycles. The van der Waals surface area contributed by atoms with E-state index in [1.165, 1.54) is 16.2 Å². The second-order valence-electron chi connectivity index (χ2n) is 3.79. The summed E-state index contributed by atoms with van der Waals surface area (Å²) in [5.74, 6) is -1.15. The van der Waals surface area contributed by atoms with Gasteiger partial charge in [-0.2, -0.15) is 0 Å². The van der Waals surface area contributed by atoms with Crippen molar-refractivity contribution in [2.45, 2.75) is 10.8 Å². The van der Waals surface area contributed by atoms with Gasteiger partial charge in [-0.25, -0.2) is 0 Å². The fraction of sp³-hybridized carbons (Fsp3) is 0.556. The summed E-state index contributed by atoms with van der Waals surface area (Å²) in [7, 11) is 0. The quantitative estimate of drug-likeness (QED) is 0.583. The van der Waals surface area contributed by atoms with Crippen molar-refractivity contribution in [2.75, 3.05) is 23.8 Å². The fourth-order valence-corrected chi connectivity index (χ4v) is 3.17. The SMILES string of the molecule is O=C(O)CSc1nnc(N2CC(CO)CC2=O)s1. The lowest BCUT2D eigenvalue weighted by molar-refractivity contribution is -0.133. The molecule has 1 aliphatic rings. The molecule has 0 radical (unpaired) electrons. The van der Waals surface area contributed by atoms with Crippen molar-refractivity contribution in [2.24, 2.45) is 5.92 Å². The van der Waals surface area contributed by atoms with Gasteiger partial charge in [0.2, 0.25) is 11.0 Å². The van der Waals surface area contributed by atoms with Gasteiger partial charge in [0.1, 0.15) is 0 Å². The Hall–Kier alpha value is -1.19. The van der Waals surface area contributed by atoms with Crippen molar-refractivity contribution in [3.63, 3.8) is 0 Å². The number of aliphatic hydroxyl groups is 1. The van der Waals surface area contributed by atoms with Gasteiger partial charge in [0, 0.05) is 25.5 Å². The van der Waals surface area contributed by atoms with Crippen LogP contribution in [0.5, 0.6) is 0 Å². The summed E-state index contributed by atoms with van der Waals surface area (Å²) in [5, 5.41) is 25.7. The van der Waals surface area contributed by atoms with Gasteiger partial charge in [-0.15, -0.1) is 10.2 Å². The van der Waals surface area contributed by atoms with E-state index < -0.39 is 5.97 Å². The van der Waals surface area contributed by atoms with Crippen molar-refractivity contribution in [3.8, 4) is 0 Å². The summed E-state index contributed by atoms with van der Waals surface area (Å²) in [6.07, 6.45) is 0.313. The number of aromatic nitrogens is 2. The van der Waals surface area contributed by atoms with Crippen LogP contribution in [0.1, 0.15) is 6.42 Å². The number of nitrogens with zero attached hydrogens (tertiary/aromatic N) is 3. The summed E-state index contributed by atoms with van der Waals surface area (Å²) in [6, 6.07) is 0. The molecule has 98 valence electrons. The van der Waals surface area contributed by atoms with Gasteiger partial charge in [0.05, 0.1) is 5.75 Å². The number of hydrogen-bond acceptors (Lipinski definition) is 7. The number of carbonyl (C=O) groups excluding carboxylic acids is 1. The minimum absolute atomic E-state index is 0.0261. The number of anilines is 1. The lowest BCUT2D eigenvalue weighted by atomic mass is 10.1. The highest BCUT2D eigenvalue weighted by Gasteiger charge is 2.32. The molecule has 1 aromatic rings. The Bertz CT molecular complexity index is 464. The van der Waals surface area contributed by atoms with Crippen molar-refractivity contribution in [1.29, 1.82) is 0 Å². The van der Waals surface area contributed by atoms with Crippen LogP contribution < -0.4 is 4.90 Å². The highest BCUT2D eigenvalue weighted by atomic mass is 32.2. The molecule has 0 saturated carbocycles. The minimum atomic E-state index is -0.922. The lowest BCUT2D eigenvalue weighted by Gasteiger charge is -2.10. The van der Waals surface area contributed by atoms with Crippen LogP contribution in [0.3, 0.4) is 0 Å². The fourth-order valence-electron chi connectivity index (χ4n) is 1.58. The van der Waals surface area contributed by atoms with Crippen molar-refractivity contribution >= 4 is 40.1 Å². The van der Waals surface area contributed by atoms with Crippen molar-refractivity contribution in [3.05, 3.63) is 0 Å². The second-order valence-corrected chi connectivity index (χ2v) is 5.97. The van der Waals surface area contributed by atoms with E-state index in [0.29, 0.717) is 22.4 Å². The Labute approximate surface area is 111 Å². The van der Waals surface area contributed by atoms with Gasteiger partial charge in [-0.1, -0.05) is 23.1 Å². The monoisotopic (exact) mass is 289 g/mol. The third-order valence-electron chi connectivity index (χ3n) is 2.41. The number of aliphatic hydroxyl groups excluding tert-OH is 1. The van der Waals surface area contributed by atoms with E-state index in [9.17, 15) is 9.59 Å². The molecule has 18 heavy (non-hydrogen) atoms. The van der Waals surface area contributed by atoms with Crippen LogP contribution in [0.2, 0.25) is 0 Å². The summed E-state index contributed by atoms with van der Waals surface area (Å²) in [5.41, 5.74) is 0. The van der Waals surface area contributed by atoms with Crippen LogP contribution in [0.25, 0.3) is 0 Å². The highest BCUT2D eigenvalue weighted by molar-refractivity contribution is 8.01. The maximum Gasteiger partial charge on any atom is 0.313 e. The smallest absolute Gasteiger partial charge is 0.313 e. The van der Waals surface area contributed by atoms with Gasteiger partial charge in [0.15, 0.2) is 4.34 Å². The summed E-state index contributed by atoms with van der Waals surface area (Å²) in [4.78, 5) is 23.6. The Balaban J connectivity index is 2.01. The molecule has 0 spiro atoms. The Morgan fingerprint density at radius 3 is 2.94 bits per heavy atom. The van der Waals surface area contributed by atoms with E-state index in [4.69, 9.17) is 10.2 Å². The number of aliphatic carboxylic acids is 1. The first kappa shape index (κ1) is 13.2. The molecule has 2 heterocycles. The van der Waals surface area contributed by atoms with E-state index >= 15 is 0 Å². The first-order valence-corrected chi connectivity index (χ1v) is 6.99. The maximum atomic E-state index is 11.7.